The quantitative estimate of drug-likeness (QED) is 0.452. The summed E-state index contributed by atoms with van der Waals surface area (Å²) in [5.41, 5.74) is 0.152. The van der Waals surface area contributed by atoms with Gasteiger partial charge in [-0.15, -0.1) is 11.6 Å². The average Bonchev–Trinajstić information content (AvgIpc) is 2.22. The molecule has 0 aliphatic heterocycles. The molecule has 0 unspecified atom stereocenters. The molecule has 1 rings (SSSR count). The van der Waals surface area contributed by atoms with E-state index < -0.39 is 5.82 Å². The highest BCUT2D eigenvalue weighted by Crippen LogP contribution is 2.17. The van der Waals surface area contributed by atoms with Gasteiger partial charge in [-0.25, -0.2) is 4.39 Å². The van der Waals surface area contributed by atoms with Crippen LogP contribution in [0.15, 0.2) is 22.7 Å². The molecule has 0 atom stereocenters. The summed E-state index contributed by atoms with van der Waals surface area (Å²) in [5, 5.41) is 0. The van der Waals surface area contributed by atoms with Crippen molar-refractivity contribution in [2.24, 2.45) is 0 Å². The lowest BCUT2D eigenvalue weighted by Gasteiger charge is -2.02. The zero-order valence-electron chi connectivity index (χ0n) is 8.10. The van der Waals surface area contributed by atoms with Crippen LogP contribution in [0.2, 0.25) is 0 Å². The molecule has 1 aromatic carbocycles. The molecule has 0 aliphatic rings. The second-order valence-electron chi connectivity index (χ2n) is 3.19. The highest BCUT2D eigenvalue weighted by Gasteiger charge is 2.11. The maximum absolute atomic E-state index is 13.3. The van der Waals surface area contributed by atoms with Crippen molar-refractivity contribution in [1.82, 2.24) is 0 Å². The highest BCUT2D eigenvalue weighted by atomic mass is 79.9. The standard InChI is InChI=1S/C11H11BrClFO/c12-8-4-5-10(14)9(7-8)11(15)3-1-2-6-13/h4-5,7H,1-3,6H2. The number of benzene rings is 1. The Morgan fingerprint density at radius 3 is 2.80 bits per heavy atom. The van der Waals surface area contributed by atoms with Crippen LogP contribution < -0.4 is 0 Å². The van der Waals surface area contributed by atoms with E-state index in [-0.39, 0.29) is 11.3 Å². The maximum atomic E-state index is 13.3. The molecular formula is C11H11BrClFO. The van der Waals surface area contributed by atoms with E-state index in [1.807, 2.05) is 0 Å². The summed E-state index contributed by atoms with van der Waals surface area (Å²) in [7, 11) is 0. The monoisotopic (exact) mass is 292 g/mol. The smallest absolute Gasteiger partial charge is 0.165 e. The van der Waals surface area contributed by atoms with Crippen LogP contribution in [0.25, 0.3) is 0 Å². The first-order valence-electron chi connectivity index (χ1n) is 4.69. The number of hydrogen-bond donors (Lipinski definition) is 0. The van der Waals surface area contributed by atoms with Gasteiger partial charge in [0, 0.05) is 16.8 Å². The minimum atomic E-state index is -0.464. The van der Waals surface area contributed by atoms with Gasteiger partial charge in [0.05, 0.1) is 5.56 Å². The molecule has 1 aromatic rings. The Morgan fingerprint density at radius 1 is 1.40 bits per heavy atom. The summed E-state index contributed by atoms with van der Waals surface area (Å²) in [6.45, 7) is 0. The predicted molar refractivity (Wildman–Crippen MR) is 63.0 cm³/mol. The Morgan fingerprint density at radius 2 is 2.13 bits per heavy atom. The zero-order chi connectivity index (χ0) is 11.3. The van der Waals surface area contributed by atoms with Crippen LogP contribution in [0.3, 0.4) is 0 Å². The summed E-state index contributed by atoms with van der Waals surface area (Å²) < 4.78 is 14.0. The van der Waals surface area contributed by atoms with E-state index in [1.165, 1.54) is 12.1 Å². The summed E-state index contributed by atoms with van der Waals surface area (Å²) in [6.07, 6.45) is 1.83. The van der Waals surface area contributed by atoms with E-state index >= 15 is 0 Å². The minimum Gasteiger partial charge on any atom is -0.294 e. The van der Waals surface area contributed by atoms with Crippen LogP contribution in [-0.4, -0.2) is 11.7 Å². The lowest BCUT2D eigenvalue weighted by molar-refractivity contribution is 0.0976. The minimum absolute atomic E-state index is 0.152. The number of rotatable bonds is 5. The van der Waals surface area contributed by atoms with E-state index in [2.05, 4.69) is 15.9 Å². The van der Waals surface area contributed by atoms with Crippen LogP contribution in [0.4, 0.5) is 4.39 Å². The fraction of sp³-hybridized carbons (Fsp3) is 0.364. The number of carbonyl (C=O) groups excluding carboxylic acids is 1. The molecule has 0 N–H and O–H groups in total. The Hall–Kier alpha value is -0.410. The van der Waals surface area contributed by atoms with Crippen LogP contribution in [0, 0.1) is 5.82 Å². The molecule has 82 valence electrons. The number of unbranched alkanes of at least 4 members (excludes halogenated alkanes) is 1. The highest BCUT2D eigenvalue weighted by molar-refractivity contribution is 9.10. The van der Waals surface area contributed by atoms with Crippen molar-refractivity contribution in [3.63, 3.8) is 0 Å². The van der Waals surface area contributed by atoms with E-state index in [4.69, 9.17) is 11.6 Å². The summed E-state index contributed by atoms with van der Waals surface area (Å²) in [4.78, 5) is 11.6. The molecule has 0 saturated heterocycles. The molecule has 0 spiro atoms. The number of alkyl halides is 1. The van der Waals surface area contributed by atoms with Gasteiger partial charge in [0.2, 0.25) is 0 Å². The van der Waals surface area contributed by atoms with Crippen molar-refractivity contribution >= 4 is 33.3 Å². The largest absolute Gasteiger partial charge is 0.294 e. The van der Waals surface area contributed by atoms with Crippen molar-refractivity contribution in [3.05, 3.63) is 34.1 Å². The van der Waals surface area contributed by atoms with Gasteiger partial charge in [0.1, 0.15) is 5.82 Å². The molecule has 0 aliphatic carbocycles. The lowest BCUT2D eigenvalue weighted by atomic mass is 10.1. The van der Waals surface area contributed by atoms with E-state index in [9.17, 15) is 9.18 Å². The Bertz CT molecular complexity index is 354. The van der Waals surface area contributed by atoms with Gasteiger partial charge in [0.25, 0.3) is 0 Å². The molecule has 15 heavy (non-hydrogen) atoms. The second kappa shape index (κ2) is 6.23. The van der Waals surface area contributed by atoms with Crippen molar-refractivity contribution < 1.29 is 9.18 Å². The average molecular weight is 294 g/mol. The lowest BCUT2D eigenvalue weighted by Crippen LogP contribution is -2.02. The summed E-state index contributed by atoms with van der Waals surface area (Å²) in [5.74, 6) is -0.0955. The molecule has 4 heteroatoms. The van der Waals surface area contributed by atoms with Gasteiger partial charge in [-0.1, -0.05) is 15.9 Å². The third-order valence-electron chi connectivity index (χ3n) is 2.02. The Kier molecular flexibility index (Phi) is 5.26. The van der Waals surface area contributed by atoms with Crippen LogP contribution in [-0.2, 0) is 0 Å². The first kappa shape index (κ1) is 12.7. The number of ketones is 1. The number of Topliss-reactive ketones (excluding diaryl/α,β-unsaturated/α-hetero) is 1. The molecule has 0 heterocycles. The third-order valence-corrected chi connectivity index (χ3v) is 2.78. The molecule has 0 saturated carbocycles. The van der Waals surface area contributed by atoms with Crippen molar-refractivity contribution in [1.29, 1.82) is 0 Å². The SMILES string of the molecule is O=C(CCCCCl)c1cc(Br)ccc1F. The predicted octanol–water partition coefficient (Wildman–Crippen LogP) is 4.18. The first-order valence-corrected chi connectivity index (χ1v) is 6.02. The van der Waals surface area contributed by atoms with Crippen molar-refractivity contribution in [2.75, 3.05) is 5.88 Å². The van der Waals surface area contributed by atoms with Crippen molar-refractivity contribution in [3.8, 4) is 0 Å². The Labute approximate surface area is 102 Å². The first-order chi connectivity index (χ1) is 7.15. The second-order valence-corrected chi connectivity index (χ2v) is 4.49. The van der Waals surface area contributed by atoms with Gasteiger partial charge in [0.15, 0.2) is 5.78 Å². The van der Waals surface area contributed by atoms with Gasteiger partial charge >= 0.3 is 0 Å². The maximum Gasteiger partial charge on any atom is 0.165 e. The summed E-state index contributed by atoms with van der Waals surface area (Å²) in [6, 6.07) is 4.38. The Balaban J connectivity index is 2.68. The summed E-state index contributed by atoms with van der Waals surface area (Å²) >= 11 is 8.70. The molecular weight excluding hydrogens is 282 g/mol. The molecule has 0 bridgehead atoms. The molecule has 0 aromatic heterocycles. The fourth-order valence-electron chi connectivity index (χ4n) is 1.23. The number of halogens is 3. The zero-order valence-corrected chi connectivity index (χ0v) is 10.4. The van der Waals surface area contributed by atoms with Crippen LogP contribution in [0.1, 0.15) is 29.6 Å². The van der Waals surface area contributed by atoms with E-state index in [0.717, 1.165) is 6.42 Å². The van der Waals surface area contributed by atoms with Crippen molar-refractivity contribution in [2.45, 2.75) is 19.3 Å². The molecule has 0 fully saturated rings. The van der Waals surface area contributed by atoms with E-state index in [1.54, 1.807) is 6.07 Å². The third kappa shape index (κ3) is 3.92. The fourth-order valence-corrected chi connectivity index (χ4v) is 1.78. The van der Waals surface area contributed by atoms with Crippen LogP contribution in [0.5, 0.6) is 0 Å². The molecule has 0 amide bonds. The molecule has 0 radical (unpaired) electrons. The van der Waals surface area contributed by atoms with Crippen LogP contribution >= 0.6 is 27.5 Å². The van der Waals surface area contributed by atoms with Gasteiger partial charge in [-0.05, 0) is 31.0 Å². The topological polar surface area (TPSA) is 17.1 Å². The van der Waals surface area contributed by atoms with Gasteiger partial charge in [-0.2, -0.15) is 0 Å². The number of hydrogen-bond acceptors (Lipinski definition) is 1. The van der Waals surface area contributed by atoms with Gasteiger partial charge in [-0.3, -0.25) is 4.79 Å². The van der Waals surface area contributed by atoms with E-state index in [0.29, 0.717) is 23.2 Å². The normalized spacial score (nSPS) is 10.3. The van der Waals surface area contributed by atoms with Gasteiger partial charge < -0.3 is 0 Å². The number of carbonyl (C=O) groups is 1. The molecule has 1 nitrogen and oxygen atoms in total.